The van der Waals surface area contributed by atoms with Crippen molar-refractivity contribution < 1.29 is 4.39 Å². The van der Waals surface area contributed by atoms with E-state index in [1.54, 1.807) is 24.4 Å². The number of anilines is 1. The number of rotatable bonds is 4. The van der Waals surface area contributed by atoms with Crippen molar-refractivity contribution in [3.8, 4) is 0 Å². The Labute approximate surface area is 105 Å². The van der Waals surface area contributed by atoms with Crippen molar-refractivity contribution in [2.24, 2.45) is 5.10 Å². The van der Waals surface area contributed by atoms with E-state index in [1.807, 2.05) is 24.3 Å². The summed E-state index contributed by atoms with van der Waals surface area (Å²) in [7, 11) is 0. The zero-order valence-electron chi connectivity index (χ0n) is 9.81. The normalized spacial score (nSPS) is 10.5. The monoisotopic (exact) mass is 240 g/mol. The number of hydrazone groups is 1. The summed E-state index contributed by atoms with van der Waals surface area (Å²) in [6, 6.07) is 13.8. The summed E-state index contributed by atoms with van der Waals surface area (Å²) in [4.78, 5) is 0. The predicted molar refractivity (Wildman–Crippen MR) is 74.1 cm³/mol. The zero-order chi connectivity index (χ0) is 12.8. The van der Waals surface area contributed by atoms with Gasteiger partial charge in [0.15, 0.2) is 0 Å². The molecule has 18 heavy (non-hydrogen) atoms. The van der Waals surface area contributed by atoms with E-state index in [0.717, 1.165) is 16.8 Å². The third-order valence-electron chi connectivity index (χ3n) is 2.46. The number of benzene rings is 2. The molecule has 2 aromatic rings. The van der Waals surface area contributed by atoms with Crippen LogP contribution in [0.15, 0.2) is 60.2 Å². The van der Waals surface area contributed by atoms with Gasteiger partial charge >= 0.3 is 0 Å². The third kappa shape index (κ3) is 3.04. The largest absolute Gasteiger partial charge is 0.279 e. The van der Waals surface area contributed by atoms with Gasteiger partial charge < -0.3 is 0 Å². The zero-order valence-corrected chi connectivity index (χ0v) is 9.81. The lowest BCUT2D eigenvalue weighted by Gasteiger charge is -2.01. The van der Waals surface area contributed by atoms with Gasteiger partial charge in [0.2, 0.25) is 0 Å². The lowest BCUT2D eigenvalue weighted by Crippen LogP contribution is -1.92. The highest BCUT2D eigenvalue weighted by atomic mass is 19.1. The third-order valence-corrected chi connectivity index (χ3v) is 2.46. The topological polar surface area (TPSA) is 24.4 Å². The molecule has 0 radical (unpaired) electrons. The molecule has 0 aliphatic rings. The molecule has 0 saturated heterocycles. The number of nitrogens with zero attached hydrogens (tertiary/aromatic N) is 1. The molecule has 0 bridgehead atoms. The van der Waals surface area contributed by atoms with Gasteiger partial charge in [0.25, 0.3) is 0 Å². The number of hydrogen-bond acceptors (Lipinski definition) is 2. The lowest BCUT2D eigenvalue weighted by molar-refractivity contribution is 0.628. The summed E-state index contributed by atoms with van der Waals surface area (Å²) in [5, 5.41) is 4.10. The smallest absolute Gasteiger partial charge is 0.123 e. The van der Waals surface area contributed by atoms with Crippen molar-refractivity contribution in [2.75, 3.05) is 5.43 Å². The van der Waals surface area contributed by atoms with Crippen molar-refractivity contribution in [1.82, 2.24) is 0 Å². The molecular formula is C15H13FN2. The molecule has 2 rings (SSSR count). The molecule has 90 valence electrons. The molecular weight excluding hydrogens is 227 g/mol. The van der Waals surface area contributed by atoms with E-state index < -0.39 is 0 Å². The van der Waals surface area contributed by atoms with Crippen LogP contribution in [0.5, 0.6) is 0 Å². The summed E-state index contributed by atoms with van der Waals surface area (Å²) in [5.41, 5.74) is 5.57. The van der Waals surface area contributed by atoms with Gasteiger partial charge in [-0.05, 0) is 29.8 Å². The standard InChI is InChI=1S/C15H13FN2/c1-2-12-5-3-4-6-13(12)11-17-18-15-9-7-14(16)8-10-15/h2-11,18H,1H2/b17-11+. The van der Waals surface area contributed by atoms with E-state index >= 15 is 0 Å². The lowest BCUT2D eigenvalue weighted by atomic mass is 10.1. The van der Waals surface area contributed by atoms with Crippen LogP contribution in [-0.4, -0.2) is 6.21 Å². The first kappa shape index (κ1) is 12.0. The van der Waals surface area contributed by atoms with Gasteiger partial charge in [-0.25, -0.2) is 4.39 Å². The molecule has 3 heteroatoms. The molecule has 2 aromatic carbocycles. The van der Waals surface area contributed by atoms with Crippen LogP contribution >= 0.6 is 0 Å². The first-order valence-electron chi connectivity index (χ1n) is 5.56. The van der Waals surface area contributed by atoms with Gasteiger partial charge in [0.05, 0.1) is 11.9 Å². The molecule has 0 aliphatic carbocycles. The first-order valence-corrected chi connectivity index (χ1v) is 5.56. The molecule has 0 heterocycles. The van der Waals surface area contributed by atoms with Crippen LogP contribution in [0.1, 0.15) is 11.1 Å². The average Bonchev–Trinajstić information content (AvgIpc) is 2.41. The molecule has 0 atom stereocenters. The van der Waals surface area contributed by atoms with Crippen LogP contribution in [-0.2, 0) is 0 Å². The maximum absolute atomic E-state index is 12.7. The fraction of sp³-hybridized carbons (Fsp3) is 0. The Morgan fingerprint density at radius 1 is 1.00 bits per heavy atom. The highest BCUT2D eigenvalue weighted by molar-refractivity contribution is 5.85. The Morgan fingerprint density at radius 3 is 2.33 bits per heavy atom. The van der Waals surface area contributed by atoms with Crippen LogP contribution in [0, 0.1) is 5.82 Å². The molecule has 1 N–H and O–H groups in total. The summed E-state index contributed by atoms with van der Waals surface area (Å²) >= 11 is 0. The fourth-order valence-electron chi connectivity index (χ4n) is 1.52. The van der Waals surface area contributed by atoms with Crippen molar-refractivity contribution in [3.05, 3.63) is 72.1 Å². The quantitative estimate of drug-likeness (QED) is 0.635. The van der Waals surface area contributed by atoms with E-state index in [-0.39, 0.29) is 5.82 Å². The molecule has 0 unspecified atom stereocenters. The average molecular weight is 240 g/mol. The van der Waals surface area contributed by atoms with E-state index in [1.165, 1.54) is 12.1 Å². The SMILES string of the molecule is C=Cc1ccccc1/C=N/Nc1ccc(F)cc1. The van der Waals surface area contributed by atoms with Crippen LogP contribution < -0.4 is 5.43 Å². The Bertz CT molecular complexity index is 559. The fourth-order valence-corrected chi connectivity index (χ4v) is 1.52. The molecule has 0 fully saturated rings. The van der Waals surface area contributed by atoms with Gasteiger partial charge in [-0.1, -0.05) is 36.9 Å². The molecule has 0 saturated carbocycles. The number of halogens is 1. The summed E-state index contributed by atoms with van der Waals surface area (Å²) in [6.45, 7) is 3.74. The van der Waals surface area contributed by atoms with Crippen LogP contribution in [0.3, 0.4) is 0 Å². The number of hydrogen-bond donors (Lipinski definition) is 1. The van der Waals surface area contributed by atoms with Gasteiger partial charge in [-0.3, -0.25) is 5.43 Å². The van der Waals surface area contributed by atoms with Crippen LogP contribution in [0.25, 0.3) is 6.08 Å². The minimum atomic E-state index is -0.262. The summed E-state index contributed by atoms with van der Waals surface area (Å²) < 4.78 is 12.7. The van der Waals surface area contributed by atoms with Crippen molar-refractivity contribution >= 4 is 18.0 Å². The predicted octanol–water partition coefficient (Wildman–Crippen LogP) is 3.91. The second kappa shape index (κ2) is 5.77. The van der Waals surface area contributed by atoms with Gasteiger partial charge in [-0.2, -0.15) is 5.10 Å². The van der Waals surface area contributed by atoms with Crippen LogP contribution in [0.4, 0.5) is 10.1 Å². The van der Waals surface area contributed by atoms with Gasteiger partial charge in [0, 0.05) is 5.56 Å². The Morgan fingerprint density at radius 2 is 1.67 bits per heavy atom. The Hall–Kier alpha value is -2.42. The van der Waals surface area contributed by atoms with E-state index in [0.29, 0.717) is 0 Å². The van der Waals surface area contributed by atoms with Crippen LogP contribution in [0.2, 0.25) is 0 Å². The maximum atomic E-state index is 12.7. The second-order valence-corrected chi connectivity index (χ2v) is 3.71. The highest BCUT2D eigenvalue weighted by Crippen LogP contribution is 2.09. The van der Waals surface area contributed by atoms with E-state index in [9.17, 15) is 4.39 Å². The molecule has 0 spiro atoms. The highest BCUT2D eigenvalue weighted by Gasteiger charge is 1.94. The van der Waals surface area contributed by atoms with E-state index in [4.69, 9.17) is 0 Å². The maximum Gasteiger partial charge on any atom is 0.123 e. The van der Waals surface area contributed by atoms with Crippen molar-refractivity contribution in [2.45, 2.75) is 0 Å². The molecule has 0 aliphatic heterocycles. The minimum Gasteiger partial charge on any atom is -0.279 e. The van der Waals surface area contributed by atoms with Gasteiger partial charge in [-0.15, -0.1) is 0 Å². The summed E-state index contributed by atoms with van der Waals surface area (Å²) in [5.74, 6) is -0.262. The summed E-state index contributed by atoms with van der Waals surface area (Å²) in [6.07, 6.45) is 3.49. The Kier molecular flexibility index (Phi) is 3.86. The molecule has 0 amide bonds. The van der Waals surface area contributed by atoms with Gasteiger partial charge in [0.1, 0.15) is 5.82 Å². The Balaban J connectivity index is 2.07. The molecule has 0 aromatic heterocycles. The second-order valence-electron chi connectivity index (χ2n) is 3.71. The first-order chi connectivity index (χ1) is 8.79. The van der Waals surface area contributed by atoms with Crippen molar-refractivity contribution in [3.63, 3.8) is 0 Å². The number of nitrogens with one attached hydrogen (secondary N) is 1. The minimum absolute atomic E-state index is 0.262. The molecule has 2 nitrogen and oxygen atoms in total. The van der Waals surface area contributed by atoms with Crippen molar-refractivity contribution in [1.29, 1.82) is 0 Å². The van der Waals surface area contributed by atoms with E-state index in [2.05, 4.69) is 17.1 Å².